The van der Waals surface area contributed by atoms with Gasteiger partial charge in [-0.25, -0.2) is 0 Å². The summed E-state index contributed by atoms with van der Waals surface area (Å²) in [5.74, 6) is 0.527. The Labute approximate surface area is 65.2 Å². The van der Waals surface area contributed by atoms with Gasteiger partial charge in [-0.1, -0.05) is 5.11 Å². The zero-order valence-electron chi connectivity index (χ0n) is 6.36. The maximum atomic E-state index is 11.0. The average molecular weight is 153 g/mol. The van der Waals surface area contributed by atoms with Crippen LogP contribution in [0, 0.1) is 5.92 Å². The Morgan fingerprint density at radius 2 is 2.55 bits per heavy atom. The predicted octanol–water partition coefficient (Wildman–Crippen LogP) is 2.06. The molecule has 0 saturated heterocycles. The molecule has 1 aliphatic carbocycles. The largest absolute Gasteiger partial charge is 0.299 e. The molecule has 0 bridgehead atoms. The highest BCUT2D eigenvalue weighted by atomic mass is 16.1. The van der Waals surface area contributed by atoms with Crippen molar-refractivity contribution in [3.63, 3.8) is 0 Å². The quantitative estimate of drug-likeness (QED) is 0.347. The summed E-state index contributed by atoms with van der Waals surface area (Å²) >= 11 is 0. The van der Waals surface area contributed by atoms with Crippen molar-refractivity contribution in [3.05, 3.63) is 10.4 Å². The van der Waals surface area contributed by atoms with Crippen LogP contribution in [0.3, 0.4) is 0 Å². The Balaban J connectivity index is 2.25. The van der Waals surface area contributed by atoms with Crippen molar-refractivity contribution >= 4 is 5.78 Å². The molecule has 4 nitrogen and oxygen atoms in total. The molecule has 11 heavy (non-hydrogen) atoms. The van der Waals surface area contributed by atoms with E-state index in [2.05, 4.69) is 10.0 Å². The van der Waals surface area contributed by atoms with Gasteiger partial charge in [0.05, 0.1) is 0 Å². The molecule has 1 rings (SSSR count). The van der Waals surface area contributed by atoms with Gasteiger partial charge < -0.3 is 0 Å². The third-order valence-corrected chi connectivity index (χ3v) is 2.07. The van der Waals surface area contributed by atoms with Crippen molar-refractivity contribution in [3.8, 4) is 0 Å². The predicted molar refractivity (Wildman–Crippen MR) is 41.0 cm³/mol. The fraction of sp³-hybridized carbons (Fsp3) is 0.857. The van der Waals surface area contributed by atoms with Crippen molar-refractivity contribution in [2.45, 2.75) is 25.7 Å². The fourth-order valence-electron chi connectivity index (χ4n) is 1.45. The fourth-order valence-corrected chi connectivity index (χ4v) is 1.45. The molecule has 0 aromatic rings. The minimum Gasteiger partial charge on any atom is -0.299 e. The molecule has 60 valence electrons. The number of hydrogen-bond acceptors (Lipinski definition) is 2. The Kier molecular flexibility index (Phi) is 2.93. The van der Waals surface area contributed by atoms with Gasteiger partial charge in [0.2, 0.25) is 0 Å². The summed E-state index contributed by atoms with van der Waals surface area (Å²) < 4.78 is 0. The number of azide groups is 1. The number of ketones is 1. The molecular formula is C7H11N3O. The summed E-state index contributed by atoms with van der Waals surface area (Å²) in [5, 5.41) is 3.40. The van der Waals surface area contributed by atoms with Crippen molar-refractivity contribution in [2.75, 3.05) is 6.54 Å². The minimum absolute atomic E-state index is 0.181. The van der Waals surface area contributed by atoms with E-state index in [1.165, 1.54) is 0 Å². The molecule has 1 atom stereocenters. The Morgan fingerprint density at radius 3 is 3.09 bits per heavy atom. The maximum absolute atomic E-state index is 11.0. The van der Waals surface area contributed by atoms with Crippen molar-refractivity contribution < 1.29 is 4.79 Å². The standard InChI is InChI=1S/C7H11N3O/c8-10-9-5-4-6-2-1-3-7(6)11/h6H,1-5H2. The van der Waals surface area contributed by atoms with Gasteiger partial charge in [-0.2, -0.15) is 0 Å². The van der Waals surface area contributed by atoms with E-state index in [9.17, 15) is 4.79 Å². The van der Waals surface area contributed by atoms with E-state index < -0.39 is 0 Å². The number of carbonyl (C=O) groups is 1. The van der Waals surface area contributed by atoms with Crippen molar-refractivity contribution in [1.82, 2.24) is 0 Å². The smallest absolute Gasteiger partial charge is 0.135 e. The van der Waals surface area contributed by atoms with Crippen LogP contribution in [-0.4, -0.2) is 12.3 Å². The molecule has 0 radical (unpaired) electrons. The average Bonchev–Trinajstić information content (AvgIpc) is 2.37. The third kappa shape index (κ3) is 2.24. The van der Waals surface area contributed by atoms with Crippen LogP contribution in [0.4, 0.5) is 0 Å². The monoisotopic (exact) mass is 153 g/mol. The van der Waals surface area contributed by atoms with Crippen molar-refractivity contribution in [1.29, 1.82) is 0 Å². The number of Topliss-reactive ketones (excluding diaryl/α,β-unsaturated/α-hetero) is 1. The first-order chi connectivity index (χ1) is 5.34. The molecule has 0 N–H and O–H groups in total. The lowest BCUT2D eigenvalue weighted by atomic mass is 10.0. The summed E-state index contributed by atoms with van der Waals surface area (Å²) in [4.78, 5) is 13.7. The number of hydrogen-bond donors (Lipinski definition) is 0. The molecule has 0 aromatic carbocycles. The Bertz CT molecular complexity index is 196. The van der Waals surface area contributed by atoms with Gasteiger partial charge in [0.25, 0.3) is 0 Å². The molecule has 0 amide bonds. The first-order valence-electron chi connectivity index (χ1n) is 3.88. The highest BCUT2D eigenvalue weighted by Gasteiger charge is 2.22. The second kappa shape index (κ2) is 3.98. The Morgan fingerprint density at radius 1 is 1.73 bits per heavy atom. The van der Waals surface area contributed by atoms with Crippen LogP contribution in [0.15, 0.2) is 5.11 Å². The van der Waals surface area contributed by atoms with Crippen LogP contribution in [0.2, 0.25) is 0 Å². The lowest BCUT2D eigenvalue weighted by molar-refractivity contribution is -0.120. The highest BCUT2D eigenvalue weighted by Crippen LogP contribution is 2.23. The van der Waals surface area contributed by atoms with Crippen molar-refractivity contribution in [2.24, 2.45) is 11.0 Å². The van der Waals surface area contributed by atoms with Gasteiger partial charge >= 0.3 is 0 Å². The van der Waals surface area contributed by atoms with Crippen LogP contribution in [0.1, 0.15) is 25.7 Å². The van der Waals surface area contributed by atoms with E-state index in [4.69, 9.17) is 5.53 Å². The van der Waals surface area contributed by atoms with Gasteiger partial charge in [0.1, 0.15) is 5.78 Å². The normalized spacial score (nSPS) is 23.3. The molecule has 0 spiro atoms. The topological polar surface area (TPSA) is 65.8 Å². The van der Waals surface area contributed by atoms with E-state index in [0.717, 1.165) is 25.7 Å². The molecule has 1 saturated carbocycles. The van der Waals surface area contributed by atoms with Gasteiger partial charge in [-0.05, 0) is 24.8 Å². The number of nitrogens with zero attached hydrogens (tertiary/aromatic N) is 3. The number of carbonyl (C=O) groups excluding carboxylic acids is 1. The second-order valence-electron chi connectivity index (χ2n) is 2.80. The molecule has 0 heterocycles. The van der Waals surface area contributed by atoms with Gasteiger partial charge in [-0.15, -0.1) is 0 Å². The zero-order chi connectivity index (χ0) is 8.10. The highest BCUT2D eigenvalue weighted by molar-refractivity contribution is 5.82. The SMILES string of the molecule is [N-]=[N+]=NCCC1CCCC1=O. The third-order valence-electron chi connectivity index (χ3n) is 2.07. The lowest BCUT2D eigenvalue weighted by Crippen LogP contribution is -2.06. The second-order valence-corrected chi connectivity index (χ2v) is 2.80. The first-order valence-corrected chi connectivity index (χ1v) is 3.88. The molecule has 1 aliphatic rings. The van der Waals surface area contributed by atoms with Gasteiger partial charge in [0, 0.05) is 23.8 Å². The molecular weight excluding hydrogens is 142 g/mol. The van der Waals surface area contributed by atoms with E-state index in [-0.39, 0.29) is 5.92 Å². The molecule has 0 aliphatic heterocycles. The summed E-state index contributed by atoms with van der Waals surface area (Å²) in [7, 11) is 0. The zero-order valence-corrected chi connectivity index (χ0v) is 6.36. The Hall–Kier alpha value is -1.02. The van der Waals surface area contributed by atoms with E-state index in [1.807, 2.05) is 0 Å². The van der Waals surface area contributed by atoms with Crippen LogP contribution >= 0.6 is 0 Å². The molecule has 0 aromatic heterocycles. The number of rotatable bonds is 3. The van der Waals surface area contributed by atoms with E-state index in [1.54, 1.807) is 0 Å². The minimum atomic E-state index is 0.181. The first kappa shape index (κ1) is 8.08. The summed E-state index contributed by atoms with van der Waals surface area (Å²) in [5.41, 5.74) is 7.98. The van der Waals surface area contributed by atoms with E-state index in [0.29, 0.717) is 12.3 Å². The van der Waals surface area contributed by atoms with E-state index >= 15 is 0 Å². The summed E-state index contributed by atoms with van der Waals surface area (Å²) in [6.07, 6.45) is 3.46. The van der Waals surface area contributed by atoms with Crippen LogP contribution in [0.5, 0.6) is 0 Å². The summed E-state index contributed by atoms with van der Waals surface area (Å²) in [6, 6.07) is 0. The van der Waals surface area contributed by atoms with Crippen LogP contribution < -0.4 is 0 Å². The van der Waals surface area contributed by atoms with Crippen LogP contribution in [0.25, 0.3) is 10.4 Å². The van der Waals surface area contributed by atoms with Crippen LogP contribution in [-0.2, 0) is 4.79 Å². The van der Waals surface area contributed by atoms with Gasteiger partial charge in [-0.3, -0.25) is 4.79 Å². The summed E-state index contributed by atoms with van der Waals surface area (Å²) in [6.45, 7) is 0.465. The van der Waals surface area contributed by atoms with Gasteiger partial charge in [0.15, 0.2) is 0 Å². The molecule has 1 unspecified atom stereocenters. The maximum Gasteiger partial charge on any atom is 0.135 e. The molecule has 4 heteroatoms. The molecule has 1 fully saturated rings. The lowest BCUT2D eigenvalue weighted by Gasteiger charge is -2.02.